The van der Waals surface area contributed by atoms with Crippen LogP contribution in [0.25, 0.3) is 0 Å². The van der Waals surface area contributed by atoms with Crippen LogP contribution in [0.1, 0.15) is 40.9 Å². The number of alkyl halides is 1. The van der Waals surface area contributed by atoms with Crippen molar-refractivity contribution in [3.05, 3.63) is 34.1 Å². The molecule has 6 heterocycles. The zero-order chi connectivity index (χ0) is 27.3. The number of piperazine rings is 1. The van der Waals surface area contributed by atoms with Gasteiger partial charge in [-0.25, -0.2) is 19.2 Å². The zero-order valence-corrected chi connectivity index (χ0v) is 22.0. The molecular weight excluding hydrogens is 533 g/mol. The first kappa shape index (κ1) is 25.8. The largest absolute Gasteiger partial charge is 0.471 e. The Balaban J connectivity index is 1.26. The van der Waals surface area contributed by atoms with Crippen LogP contribution < -0.4 is 15.0 Å². The third-order valence-corrected chi connectivity index (χ3v) is 7.87. The molecule has 39 heavy (non-hydrogen) atoms. The maximum absolute atomic E-state index is 15.8. The predicted octanol–water partition coefficient (Wildman–Crippen LogP) is 2.16. The fourth-order valence-electron chi connectivity index (χ4n) is 5.44. The molecule has 206 valence electrons. The summed E-state index contributed by atoms with van der Waals surface area (Å²) < 4.78 is 26.9. The van der Waals surface area contributed by atoms with Crippen molar-refractivity contribution >= 4 is 41.6 Å². The molecule has 1 atom stereocenters. The maximum Gasteiger partial charge on any atom is 0.330 e. The number of rotatable bonds is 6. The van der Waals surface area contributed by atoms with E-state index in [0.29, 0.717) is 44.6 Å². The molecular formula is C25H27ClFN7O5. The number of carbonyl (C=O) groups is 3. The number of hydrogen-bond acceptors (Lipinski definition) is 9. The molecule has 1 saturated carbocycles. The number of aldehydes is 1. The van der Waals surface area contributed by atoms with Gasteiger partial charge >= 0.3 is 6.03 Å². The number of carbonyl (C=O) groups excluding carboxylic acids is 3. The van der Waals surface area contributed by atoms with Crippen molar-refractivity contribution in [2.75, 3.05) is 50.1 Å². The van der Waals surface area contributed by atoms with E-state index in [4.69, 9.17) is 21.1 Å². The van der Waals surface area contributed by atoms with Gasteiger partial charge in [-0.15, -0.1) is 0 Å². The topological polar surface area (TPSA) is 130 Å². The highest BCUT2D eigenvalue weighted by atomic mass is 35.5. The van der Waals surface area contributed by atoms with Gasteiger partial charge in [0.05, 0.1) is 26.0 Å². The molecule has 2 saturated heterocycles. The summed E-state index contributed by atoms with van der Waals surface area (Å²) in [5.41, 5.74) is -0.930. The fraction of sp³-hybridized carbons (Fsp3) is 0.520. The highest BCUT2D eigenvalue weighted by Gasteiger charge is 2.57. The first-order chi connectivity index (χ1) is 18.7. The van der Waals surface area contributed by atoms with Crippen LogP contribution in [0.2, 0.25) is 5.02 Å². The molecule has 0 spiro atoms. The normalized spacial score (nSPS) is 26.2. The third-order valence-electron chi connectivity index (χ3n) is 7.61. The van der Waals surface area contributed by atoms with E-state index >= 15 is 4.39 Å². The fourth-order valence-corrected chi connectivity index (χ4v) is 5.57. The number of urea groups is 1. The molecule has 1 unspecified atom stereocenters. The van der Waals surface area contributed by atoms with E-state index in [2.05, 4.69) is 20.3 Å². The molecule has 1 aliphatic carbocycles. The monoisotopic (exact) mass is 559 g/mol. The molecule has 5 aliphatic rings. The van der Waals surface area contributed by atoms with Crippen LogP contribution >= 0.6 is 11.6 Å². The van der Waals surface area contributed by atoms with Gasteiger partial charge in [0, 0.05) is 56.1 Å². The molecule has 2 bridgehead atoms. The van der Waals surface area contributed by atoms with Gasteiger partial charge in [-0.1, -0.05) is 11.6 Å². The lowest BCUT2D eigenvalue weighted by atomic mass is 9.68. The van der Waals surface area contributed by atoms with E-state index in [1.165, 1.54) is 11.1 Å². The Morgan fingerprint density at radius 1 is 1.36 bits per heavy atom. The van der Waals surface area contributed by atoms with E-state index in [-0.39, 0.29) is 71.9 Å². The second kappa shape index (κ2) is 9.96. The molecule has 7 rings (SSSR count). The smallest absolute Gasteiger partial charge is 0.330 e. The lowest BCUT2D eigenvalue weighted by Crippen LogP contribution is -2.60. The highest BCUT2D eigenvalue weighted by molar-refractivity contribution is 6.31. The summed E-state index contributed by atoms with van der Waals surface area (Å²) in [4.78, 5) is 55.5. The number of pyridine rings is 1. The third kappa shape index (κ3) is 4.79. The highest BCUT2D eigenvalue weighted by Crippen LogP contribution is 2.55. The van der Waals surface area contributed by atoms with E-state index in [0.717, 1.165) is 0 Å². The quantitative estimate of drug-likeness (QED) is 0.529. The zero-order valence-electron chi connectivity index (χ0n) is 21.2. The molecule has 2 aromatic rings. The minimum atomic E-state index is -1.66. The number of likely N-dealkylation sites (N-methyl/N-ethyl adjacent to an activating group) is 1. The van der Waals surface area contributed by atoms with Crippen molar-refractivity contribution in [1.29, 1.82) is 0 Å². The van der Waals surface area contributed by atoms with Crippen molar-refractivity contribution in [1.82, 2.24) is 24.8 Å². The van der Waals surface area contributed by atoms with Gasteiger partial charge in [0.1, 0.15) is 28.3 Å². The Labute approximate surface area is 228 Å². The number of ether oxygens (including phenoxy) is 2. The van der Waals surface area contributed by atoms with Crippen LogP contribution in [0.15, 0.2) is 12.3 Å². The average Bonchev–Trinajstić information content (AvgIpc) is 3.40. The van der Waals surface area contributed by atoms with E-state index in [9.17, 15) is 14.4 Å². The van der Waals surface area contributed by atoms with Gasteiger partial charge in [-0.2, -0.15) is 4.98 Å². The van der Waals surface area contributed by atoms with Crippen molar-refractivity contribution < 1.29 is 28.2 Å². The van der Waals surface area contributed by atoms with Crippen LogP contribution in [0.3, 0.4) is 0 Å². The van der Waals surface area contributed by atoms with Crippen LogP contribution in [0, 0.1) is 0 Å². The van der Waals surface area contributed by atoms with Crippen LogP contribution in [0.5, 0.6) is 5.88 Å². The van der Waals surface area contributed by atoms with Gasteiger partial charge in [0.15, 0.2) is 6.29 Å². The standard InChI is InChI=1S/C25H27ClFN7O5/c1-32-3-4-33(20(36)11-32)10-14-6-17-21(29-19(14)12-35)34(15-7-25(17,27)8-15)24(37)31-23-28-9-18(26)22(30-23)39-16-2-5-38-13-16/h6,9,12,15-16H,2-5,7-8,10-11,13H2,1H3,(H,28,30,31,37). The minimum Gasteiger partial charge on any atom is -0.471 e. The number of anilines is 2. The number of nitrogens with one attached hydrogen (secondary N) is 1. The SMILES string of the molecule is CN1CCN(Cc2cc3c(nc2C=O)N(C(=O)Nc2ncc(Cl)c(OC4CCOC4)n2)C2CC3(F)C2)C(=O)C1. The summed E-state index contributed by atoms with van der Waals surface area (Å²) >= 11 is 6.18. The Hall–Kier alpha value is -3.42. The number of aromatic nitrogens is 3. The Morgan fingerprint density at radius 3 is 2.90 bits per heavy atom. The van der Waals surface area contributed by atoms with E-state index in [1.54, 1.807) is 11.0 Å². The molecule has 1 N–H and O–H groups in total. The van der Waals surface area contributed by atoms with E-state index < -0.39 is 17.7 Å². The number of halogens is 2. The number of amides is 3. The van der Waals surface area contributed by atoms with Crippen molar-refractivity contribution in [2.24, 2.45) is 0 Å². The molecule has 3 fully saturated rings. The van der Waals surface area contributed by atoms with Gasteiger partial charge in [-0.3, -0.25) is 24.7 Å². The summed E-state index contributed by atoms with van der Waals surface area (Å²) in [6, 6.07) is 0.506. The number of hydrogen-bond donors (Lipinski definition) is 1. The predicted molar refractivity (Wildman–Crippen MR) is 137 cm³/mol. The summed E-state index contributed by atoms with van der Waals surface area (Å²) in [7, 11) is 1.86. The maximum atomic E-state index is 15.8. The second-order valence-electron chi connectivity index (χ2n) is 10.4. The van der Waals surface area contributed by atoms with Crippen LogP contribution in [0.4, 0.5) is 21.0 Å². The molecule has 3 amide bonds. The second-order valence-corrected chi connectivity index (χ2v) is 10.8. The van der Waals surface area contributed by atoms with Gasteiger partial charge in [0.25, 0.3) is 0 Å². The van der Waals surface area contributed by atoms with Crippen LogP contribution in [-0.4, -0.2) is 95.0 Å². The molecule has 14 heteroatoms. The van der Waals surface area contributed by atoms with Crippen molar-refractivity contribution in [3.8, 4) is 5.88 Å². The molecule has 12 nitrogen and oxygen atoms in total. The van der Waals surface area contributed by atoms with Gasteiger partial charge in [0.2, 0.25) is 17.7 Å². The van der Waals surface area contributed by atoms with Gasteiger partial charge < -0.3 is 14.4 Å². The van der Waals surface area contributed by atoms with Gasteiger partial charge in [-0.05, 0) is 13.1 Å². The van der Waals surface area contributed by atoms with E-state index in [1.807, 2.05) is 11.9 Å². The Morgan fingerprint density at radius 2 is 2.18 bits per heavy atom. The first-order valence-electron chi connectivity index (χ1n) is 12.8. The summed E-state index contributed by atoms with van der Waals surface area (Å²) in [5.74, 6) is 0.0656. The summed E-state index contributed by atoms with van der Waals surface area (Å²) in [6.45, 7) is 2.58. The average molecular weight is 560 g/mol. The van der Waals surface area contributed by atoms with Crippen molar-refractivity contribution in [3.63, 3.8) is 0 Å². The molecule has 0 aromatic carbocycles. The van der Waals surface area contributed by atoms with Crippen molar-refractivity contribution in [2.45, 2.75) is 43.6 Å². The Bertz CT molecular complexity index is 1330. The number of nitrogens with zero attached hydrogens (tertiary/aromatic N) is 6. The molecule has 2 aromatic heterocycles. The molecule has 0 radical (unpaired) electrons. The molecule has 4 aliphatic heterocycles. The minimum absolute atomic E-state index is 0.0444. The lowest BCUT2D eigenvalue weighted by molar-refractivity contribution is -0.136. The Kier molecular flexibility index (Phi) is 6.60. The lowest BCUT2D eigenvalue weighted by Gasteiger charge is -2.52. The van der Waals surface area contributed by atoms with Crippen LogP contribution in [-0.2, 0) is 21.7 Å². The first-order valence-corrected chi connectivity index (χ1v) is 13.1. The summed E-state index contributed by atoms with van der Waals surface area (Å²) in [6.07, 6.45) is 2.57. The summed E-state index contributed by atoms with van der Waals surface area (Å²) in [5, 5.41) is 2.81.